The molecule has 0 aliphatic carbocycles. The average Bonchev–Trinajstić information content (AvgIpc) is 2.80. The van der Waals surface area contributed by atoms with Gasteiger partial charge < -0.3 is 9.84 Å². The van der Waals surface area contributed by atoms with E-state index in [1.54, 1.807) is 36.7 Å². The molecule has 0 bridgehead atoms. The molecule has 0 atom stereocenters. The molecule has 106 valence electrons. The Hall–Kier alpha value is -1.95. The zero-order valence-electron chi connectivity index (χ0n) is 11.8. The number of aryl methyl sites for hydroxylation is 2. The van der Waals surface area contributed by atoms with E-state index < -0.39 is 5.97 Å². The number of nitrogens with zero attached hydrogens (tertiary/aromatic N) is 2. The first-order valence-electron chi connectivity index (χ1n) is 5.98. The third kappa shape index (κ3) is 2.38. The van der Waals surface area contributed by atoms with Crippen LogP contribution in [-0.2, 0) is 7.05 Å². The van der Waals surface area contributed by atoms with Crippen molar-refractivity contribution in [1.29, 1.82) is 0 Å². The van der Waals surface area contributed by atoms with Crippen molar-refractivity contribution in [3.63, 3.8) is 0 Å². The molecule has 5 nitrogen and oxygen atoms in total. The molecule has 1 aromatic heterocycles. The highest BCUT2D eigenvalue weighted by atomic mass is 32.2. The highest BCUT2D eigenvalue weighted by Crippen LogP contribution is 2.40. The Morgan fingerprint density at radius 3 is 2.65 bits per heavy atom. The summed E-state index contributed by atoms with van der Waals surface area (Å²) in [4.78, 5) is 12.1. The summed E-state index contributed by atoms with van der Waals surface area (Å²) in [7, 11) is 3.35. The molecule has 6 heteroatoms. The summed E-state index contributed by atoms with van der Waals surface area (Å²) >= 11 is 1.59. The summed E-state index contributed by atoms with van der Waals surface area (Å²) in [6.45, 7) is 1.96. The number of benzene rings is 1. The van der Waals surface area contributed by atoms with Gasteiger partial charge in [-0.2, -0.15) is 5.10 Å². The Morgan fingerprint density at radius 2 is 2.15 bits per heavy atom. The van der Waals surface area contributed by atoms with Crippen LogP contribution in [0.1, 0.15) is 16.1 Å². The summed E-state index contributed by atoms with van der Waals surface area (Å²) in [5.74, 6) is -0.291. The van der Waals surface area contributed by atoms with Gasteiger partial charge in [0, 0.05) is 11.9 Å². The smallest absolute Gasteiger partial charge is 0.356 e. The van der Waals surface area contributed by atoms with Crippen LogP contribution in [0.15, 0.2) is 23.1 Å². The van der Waals surface area contributed by atoms with Gasteiger partial charge in [0.25, 0.3) is 0 Å². The van der Waals surface area contributed by atoms with Gasteiger partial charge in [0.2, 0.25) is 0 Å². The van der Waals surface area contributed by atoms with Gasteiger partial charge in [-0.3, -0.25) is 4.68 Å². The second kappa shape index (κ2) is 5.58. The van der Waals surface area contributed by atoms with Gasteiger partial charge in [-0.25, -0.2) is 4.79 Å². The number of methoxy groups -OCH3 is 1. The fourth-order valence-electron chi connectivity index (χ4n) is 2.15. The summed E-state index contributed by atoms with van der Waals surface area (Å²) in [5, 5.41) is 13.1. The molecule has 0 fully saturated rings. The van der Waals surface area contributed by atoms with Gasteiger partial charge in [-0.05, 0) is 30.9 Å². The van der Waals surface area contributed by atoms with Crippen molar-refractivity contribution in [3.8, 4) is 17.0 Å². The van der Waals surface area contributed by atoms with E-state index in [1.807, 2.05) is 25.3 Å². The van der Waals surface area contributed by atoms with Gasteiger partial charge in [0.15, 0.2) is 5.69 Å². The minimum Gasteiger partial charge on any atom is -0.496 e. The molecule has 0 unspecified atom stereocenters. The second-order valence-corrected chi connectivity index (χ2v) is 5.18. The number of hydrogen-bond acceptors (Lipinski definition) is 4. The molecule has 0 spiro atoms. The molecule has 2 rings (SSSR count). The van der Waals surface area contributed by atoms with E-state index in [-0.39, 0.29) is 5.69 Å². The fraction of sp³-hybridized carbons (Fsp3) is 0.286. The number of thioether (sulfide) groups is 1. The number of hydrogen-bond donors (Lipinski definition) is 1. The molecule has 0 saturated heterocycles. The normalized spacial score (nSPS) is 10.6. The first-order chi connectivity index (χ1) is 9.49. The topological polar surface area (TPSA) is 64.3 Å². The lowest BCUT2D eigenvalue weighted by Crippen LogP contribution is -2.00. The molecule has 0 saturated carbocycles. The number of carboxylic acids is 1. The van der Waals surface area contributed by atoms with Crippen LogP contribution in [0.2, 0.25) is 0 Å². The van der Waals surface area contributed by atoms with E-state index in [4.69, 9.17) is 9.84 Å². The maximum Gasteiger partial charge on any atom is 0.356 e. The van der Waals surface area contributed by atoms with Gasteiger partial charge in [-0.15, -0.1) is 11.8 Å². The lowest BCUT2D eigenvalue weighted by molar-refractivity contribution is 0.0689. The number of ether oxygens (including phenoxy) is 1. The van der Waals surface area contributed by atoms with Crippen LogP contribution >= 0.6 is 11.8 Å². The van der Waals surface area contributed by atoms with Crippen molar-refractivity contribution in [2.24, 2.45) is 7.05 Å². The summed E-state index contributed by atoms with van der Waals surface area (Å²) < 4.78 is 7.07. The molecule has 0 aliphatic heterocycles. The minimum atomic E-state index is -1.04. The van der Waals surface area contributed by atoms with E-state index in [0.717, 1.165) is 27.5 Å². The maximum atomic E-state index is 11.1. The Bertz CT molecular complexity index is 665. The molecule has 1 heterocycles. The van der Waals surface area contributed by atoms with E-state index in [2.05, 4.69) is 5.10 Å². The van der Waals surface area contributed by atoms with Crippen LogP contribution in [0.3, 0.4) is 0 Å². The number of carboxylic acid groups (broad SMARTS) is 1. The molecule has 0 radical (unpaired) electrons. The Balaban J connectivity index is 2.73. The largest absolute Gasteiger partial charge is 0.496 e. The lowest BCUT2D eigenvalue weighted by atomic mass is 10.1. The van der Waals surface area contributed by atoms with Crippen LogP contribution in [0.5, 0.6) is 5.75 Å². The average molecular weight is 292 g/mol. The van der Waals surface area contributed by atoms with Crippen LogP contribution in [0, 0.1) is 6.92 Å². The highest BCUT2D eigenvalue weighted by Gasteiger charge is 2.20. The van der Waals surface area contributed by atoms with Crippen molar-refractivity contribution in [3.05, 3.63) is 29.5 Å². The fourth-order valence-corrected chi connectivity index (χ4v) is 2.76. The van der Waals surface area contributed by atoms with Crippen LogP contribution < -0.4 is 4.74 Å². The molecule has 2 aromatic rings. The second-order valence-electron chi connectivity index (χ2n) is 4.34. The molecule has 0 aliphatic rings. The predicted molar refractivity (Wildman–Crippen MR) is 78.7 cm³/mol. The SMILES string of the molecule is COc1c(C)ccc(SC)c1-c1cc(C(=O)O)nn1C. The highest BCUT2D eigenvalue weighted by molar-refractivity contribution is 7.98. The van der Waals surface area contributed by atoms with Crippen molar-refractivity contribution in [2.75, 3.05) is 13.4 Å². The van der Waals surface area contributed by atoms with Crippen LogP contribution in [0.4, 0.5) is 0 Å². The van der Waals surface area contributed by atoms with Crippen molar-refractivity contribution < 1.29 is 14.6 Å². The predicted octanol–water partition coefficient (Wildman–Crippen LogP) is 2.82. The summed E-state index contributed by atoms with van der Waals surface area (Å²) in [6.07, 6.45) is 1.97. The molecular formula is C14H16N2O3S. The first-order valence-corrected chi connectivity index (χ1v) is 7.21. The Kier molecular flexibility index (Phi) is 4.04. The standard InChI is InChI=1S/C14H16N2O3S/c1-8-5-6-11(20-4)12(13(8)19-3)10-7-9(14(17)18)15-16(10)2/h5-7H,1-4H3,(H,17,18). The van der Waals surface area contributed by atoms with Gasteiger partial charge >= 0.3 is 5.97 Å². The third-order valence-corrected chi connectivity index (χ3v) is 3.88. The molecule has 20 heavy (non-hydrogen) atoms. The zero-order valence-corrected chi connectivity index (χ0v) is 12.6. The first kappa shape index (κ1) is 14.5. The zero-order chi connectivity index (χ0) is 14.9. The van der Waals surface area contributed by atoms with Crippen LogP contribution in [-0.4, -0.2) is 34.2 Å². The maximum absolute atomic E-state index is 11.1. The molecule has 1 N–H and O–H groups in total. The number of aromatic nitrogens is 2. The third-order valence-electron chi connectivity index (χ3n) is 3.10. The van der Waals surface area contributed by atoms with E-state index >= 15 is 0 Å². The van der Waals surface area contributed by atoms with E-state index in [0.29, 0.717) is 0 Å². The monoisotopic (exact) mass is 292 g/mol. The molecule has 1 aromatic carbocycles. The lowest BCUT2D eigenvalue weighted by Gasteiger charge is -2.15. The molecule has 0 amide bonds. The number of rotatable bonds is 4. The van der Waals surface area contributed by atoms with Crippen molar-refractivity contribution >= 4 is 17.7 Å². The minimum absolute atomic E-state index is 0.0260. The van der Waals surface area contributed by atoms with E-state index in [9.17, 15) is 4.79 Å². The van der Waals surface area contributed by atoms with Gasteiger partial charge in [-0.1, -0.05) is 6.07 Å². The van der Waals surface area contributed by atoms with Crippen LogP contribution in [0.25, 0.3) is 11.3 Å². The Labute approximate surface area is 121 Å². The number of carbonyl (C=O) groups is 1. The number of aromatic carboxylic acids is 1. The quantitative estimate of drug-likeness (QED) is 0.878. The van der Waals surface area contributed by atoms with E-state index in [1.165, 1.54) is 0 Å². The summed E-state index contributed by atoms with van der Waals surface area (Å²) in [6, 6.07) is 5.56. The Morgan fingerprint density at radius 1 is 1.45 bits per heavy atom. The van der Waals surface area contributed by atoms with Gasteiger partial charge in [0.1, 0.15) is 5.75 Å². The van der Waals surface area contributed by atoms with Crippen molar-refractivity contribution in [2.45, 2.75) is 11.8 Å². The summed E-state index contributed by atoms with van der Waals surface area (Å²) in [5.41, 5.74) is 2.63. The van der Waals surface area contributed by atoms with Gasteiger partial charge in [0.05, 0.1) is 18.4 Å². The molecular weight excluding hydrogens is 276 g/mol. The van der Waals surface area contributed by atoms with Crippen molar-refractivity contribution in [1.82, 2.24) is 9.78 Å².